The molecule has 1 N–H and O–H groups in total. The van der Waals surface area contributed by atoms with Gasteiger partial charge in [0.1, 0.15) is 23.0 Å². The van der Waals surface area contributed by atoms with Crippen LogP contribution in [-0.2, 0) is 13.1 Å². The zero-order valence-corrected chi connectivity index (χ0v) is 17.5. The third-order valence-corrected chi connectivity index (χ3v) is 5.03. The largest absolute Gasteiger partial charge is 0.497 e. The SMILES string of the molecule is COc1ccc(-c2nn(-c3ccccc3F)cc2CNCc2cccc(OC)c2)cc1. The van der Waals surface area contributed by atoms with Gasteiger partial charge in [-0.1, -0.05) is 24.3 Å². The van der Waals surface area contributed by atoms with E-state index in [1.54, 1.807) is 37.1 Å². The van der Waals surface area contributed by atoms with Gasteiger partial charge in [0, 0.05) is 30.4 Å². The molecule has 158 valence electrons. The molecule has 0 aliphatic rings. The lowest BCUT2D eigenvalue weighted by Gasteiger charge is -2.07. The minimum Gasteiger partial charge on any atom is -0.497 e. The molecule has 0 atom stereocenters. The Hall–Kier alpha value is -3.64. The Morgan fingerprint density at radius 2 is 1.65 bits per heavy atom. The summed E-state index contributed by atoms with van der Waals surface area (Å²) in [7, 11) is 3.29. The molecule has 1 aromatic heterocycles. The van der Waals surface area contributed by atoms with E-state index in [9.17, 15) is 4.39 Å². The number of para-hydroxylation sites is 1. The van der Waals surface area contributed by atoms with Crippen molar-refractivity contribution in [2.75, 3.05) is 14.2 Å². The molecular formula is C25H24FN3O2. The van der Waals surface area contributed by atoms with Crippen molar-refractivity contribution in [1.29, 1.82) is 0 Å². The Morgan fingerprint density at radius 1 is 0.871 bits per heavy atom. The summed E-state index contributed by atoms with van der Waals surface area (Å²) in [6, 6.07) is 22.3. The van der Waals surface area contributed by atoms with Crippen molar-refractivity contribution in [2.45, 2.75) is 13.1 Å². The predicted octanol–water partition coefficient (Wildman–Crippen LogP) is 4.99. The van der Waals surface area contributed by atoms with E-state index in [4.69, 9.17) is 14.6 Å². The lowest BCUT2D eigenvalue weighted by atomic mass is 10.1. The first-order chi connectivity index (χ1) is 15.2. The van der Waals surface area contributed by atoms with Crippen molar-refractivity contribution < 1.29 is 13.9 Å². The third-order valence-electron chi connectivity index (χ3n) is 5.03. The van der Waals surface area contributed by atoms with Crippen LogP contribution in [0.3, 0.4) is 0 Å². The number of nitrogens with one attached hydrogen (secondary N) is 1. The molecular weight excluding hydrogens is 393 g/mol. The first-order valence-corrected chi connectivity index (χ1v) is 9.99. The quantitative estimate of drug-likeness (QED) is 0.439. The van der Waals surface area contributed by atoms with Crippen molar-refractivity contribution in [3.8, 4) is 28.4 Å². The highest BCUT2D eigenvalue weighted by Crippen LogP contribution is 2.26. The highest BCUT2D eigenvalue weighted by molar-refractivity contribution is 5.64. The molecule has 0 aliphatic heterocycles. The second-order valence-corrected chi connectivity index (χ2v) is 7.08. The molecule has 1 heterocycles. The average Bonchev–Trinajstić information content (AvgIpc) is 3.23. The first kappa shape index (κ1) is 20.6. The molecule has 0 spiro atoms. The molecule has 5 nitrogen and oxygen atoms in total. The number of rotatable bonds is 8. The van der Waals surface area contributed by atoms with Crippen molar-refractivity contribution in [3.05, 3.63) is 95.9 Å². The van der Waals surface area contributed by atoms with Gasteiger partial charge in [-0.15, -0.1) is 0 Å². The molecule has 6 heteroatoms. The number of halogens is 1. The summed E-state index contributed by atoms with van der Waals surface area (Å²) in [6.45, 7) is 1.25. The van der Waals surface area contributed by atoms with Crippen LogP contribution >= 0.6 is 0 Å². The fourth-order valence-electron chi connectivity index (χ4n) is 3.42. The van der Waals surface area contributed by atoms with Gasteiger partial charge in [0.25, 0.3) is 0 Å². The van der Waals surface area contributed by atoms with Crippen LogP contribution in [0.1, 0.15) is 11.1 Å². The molecule has 4 rings (SSSR count). The van der Waals surface area contributed by atoms with E-state index in [2.05, 4.69) is 5.32 Å². The highest BCUT2D eigenvalue weighted by atomic mass is 19.1. The van der Waals surface area contributed by atoms with E-state index < -0.39 is 0 Å². The summed E-state index contributed by atoms with van der Waals surface area (Å²) in [6.07, 6.45) is 1.87. The maximum atomic E-state index is 14.4. The van der Waals surface area contributed by atoms with Gasteiger partial charge in [0.05, 0.1) is 19.9 Å². The molecule has 0 amide bonds. The summed E-state index contributed by atoms with van der Waals surface area (Å²) in [5.74, 6) is 1.28. The van der Waals surface area contributed by atoms with E-state index in [1.807, 2.05) is 54.7 Å². The molecule has 4 aromatic rings. The Kier molecular flexibility index (Phi) is 6.29. The molecule has 3 aromatic carbocycles. The molecule has 0 aliphatic carbocycles. The molecule has 0 unspecified atom stereocenters. The van der Waals surface area contributed by atoms with Gasteiger partial charge in [0.2, 0.25) is 0 Å². The second kappa shape index (κ2) is 9.45. The van der Waals surface area contributed by atoms with Crippen LogP contribution in [0, 0.1) is 5.82 Å². The zero-order chi connectivity index (χ0) is 21.6. The van der Waals surface area contributed by atoms with Gasteiger partial charge in [-0.3, -0.25) is 0 Å². The molecule has 0 radical (unpaired) electrons. The highest BCUT2D eigenvalue weighted by Gasteiger charge is 2.14. The summed E-state index contributed by atoms with van der Waals surface area (Å²) in [5.41, 5.74) is 4.23. The van der Waals surface area contributed by atoms with E-state index in [-0.39, 0.29) is 5.82 Å². The van der Waals surface area contributed by atoms with Crippen molar-refractivity contribution in [2.24, 2.45) is 0 Å². The van der Waals surface area contributed by atoms with E-state index >= 15 is 0 Å². The average molecular weight is 417 g/mol. The predicted molar refractivity (Wildman–Crippen MR) is 119 cm³/mol. The summed E-state index contributed by atoms with van der Waals surface area (Å²) >= 11 is 0. The Bertz CT molecular complexity index is 1160. The number of ether oxygens (including phenoxy) is 2. The molecule has 0 saturated carbocycles. The van der Waals surface area contributed by atoms with Crippen LogP contribution in [0.25, 0.3) is 16.9 Å². The third kappa shape index (κ3) is 4.75. The van der Waals surface area contributed by atoms with Crippen molar-refractivity contribution in [1.82, 2.24) is 15.1 Å². The van der Waals surface area contributed by atoms with Gasteiger partial charge in [-0.25, -0.2) is 9.07 Å². The van der Waals surface area contributed by atoms with Crippen LogP contribution < -0.4 is 14.8 Å². The standard InChI is InChI=1S/C25H24FN3O2/c1-30-21-12-10-19(11-13-21)25-20(16-27-15-18-6-5-7-22(14-18)31-2)17-29(28-25)24-9-4-3-8-23(24)26/h3-14,17,27H,15-16H2,1-2H3. The Labute approximate surface area is 181 Å². The number of methoxy groups -OCH3 is 2. The van der Waals surface area contributed by atoms with E-state index in [1.165, 1.54) is 6.07 Å². The van der Waals surface area contributed by atoms with Crippen molar-refractivity contribution >= 4 is 0 Å². The maximum absolute atomic E-state index is 14.4. The monoisotopic (exact) mass is 417 g/mol. The Balaban J connectivity index is 1.61. The molecule has 31 heavy (non-hydrogen) atoms. The lowest BCUT2D eigenvalue weighted by molar-refractivity contribution is 0.414. The fourth-order valence-corrected chi connectivity index (χ4v) is 3.42. The Morgan fingerprint density at radius 3 is 2.39 bits per heavy atom. The summed E-state index contributed by atoms with van der Waals surface area (Å²) < 4.78 is 26.5. The van der Waals surface area contributed by atoms with Crippen LogP contribution in [0.5, 0.6) is 11.5 Å². The van der Waals surface area contributed by atoms with Gasteiger partial charge in [0.15, 0.2) is 0 Å². The number of hydrogen-bond donors (Lipinski definition) is 1. The zero-order valence-electron chi connectivity index (χ0n) is 17.5. The number of benzene rings is 3. The minimum absolute atomic E-state index is 0.317. The van der Waals surface area contributed by atoms with Crippen LogP contribution in [0.2, 0.25) is 0 Å². The second-order valence-electron chi connectivity index (χ2n) is 7.08. The van der Waals surface area contributed by atoms with Gasteiger partial charge in [-0.2, -0.15) is 5.10 Å². The number of nitrogens with zero attached hydrogens (tertiary/aromatic N) is 2. The minimum atomic E-state index is -0.317. The first-order valence-electron chi connectivity index (χ1n) is 9.99. The molecule has 0 bridgehead atoms. The normalized spacial score (nSPS) is 10.8. The van der Waals surface area contributed by atoms with Gasteiger partial charge in [-0.05, 0) is 54.1 Å². The smallest absolute Gasteiger partial charge is 0.148 e. The topological polar surface area (TPSA) is 48.3 Å². The lowest BCUT2D eigenvalue weighted by Crippen LogP contribution is -2.13. The van der Waals surface area contributed by atoms with Crippen LogP contribution in [-0.4, -0.2) is 24.0 Å². The van der Waals surface area contributed by atoms with Crippen LogP contribution in [0.15, 0.2) is 79.0 Å². The summed E-state index contributed by atoms with van der Waals surface area (Å²) in [4.78, 5) is 0. The van der Waals surface area contributed by atoms with Crippen molar-refractivity contribution in [3.63, 3.8) is 0 Å². The fraction of sp³-hybridized carbons (Fsp3) is 0.160. The maximum Gasteiger partial charge on any atom is 0.148 e. The van der Waals surface area contributed by atoms with Crippen LogP contribution in [0.4, 0.5) is 4.39 Å². The summed E-state index contributed by atoms with van der Waals surface area (Å²) in [5, 5.41) is 8.15. The number of hydrogen-bond acceptors (Lipinski definition) is 4. The number of aromatic nitrogens is 2. The van der Waals surface area contributed by atoms with E-state index in [0.29, 0.717) is 18.8 Å². The van der Waals surface area contributed by atoms with Gasteiger partial charge >= 0.3 is 0 Å². The molecule has 0 fully saturated rings. The van der Waals surface area contributed by atoms with E-state index in [0.717, 1.165) is 33.9 Å². The molecule has 0 saturated heterocycles. The van der Waals surface area contributed by atoms with Gasteiger partial charge < -0.3 is 14.8 Å².